The first kappa shape index (κ1) is 17.8. The van der Waals surface area contributed by atoms with E-state index in [2.05, 4.69) is 6.92 Å². The van der Waals surface area contributed by atoms with Crippen LogP contribution >= 0.6 is 34.8 Å². The predicted octanol–water partition coefficient (Wildman–Crippen LogP) is 5.10. The summed E-state index contributed by atoms with van der Waals surface area (Å²) in [7, 11) is 0. The monoisotopic (exact) mass is 304 g/mol. The maximum Gasteiger partial charge on any atom is 0.213 e. The summed E-state index contributed by atoms with van der Waals surface area (Å²) in [5, 5.41) is 0. The highest BCUT2D eigenvalue weighted by atomic mass is 35.6. The minimum atomic E-state index is -1.36. The molecule has 17 heavy (non-hydrogen) atoms. The molecule has 0 aliphatic carbocycles. The Labute approximate surface area is 120 Å². The zero-order valence-electron chi connectivity index (χ0n) is 10.7. The van der Waals surface area contributed by atoms with Gasteiger partial charge in [-0.15, -0.1) is 0 Å². The van der Waals surface area contributed by atoms with Crippen molar-refractivity contribution in [3.63, 3.8) is 0 Å². The van der Waals surface area contributed by atoms with Crippen molar-refractivity contribution in [2.45, 2.75) is 62.5 Å². The summed E-state index contributed by atoms with van der Waals surface area (Å²) in [5.74, 6) is 0. The van der Waals surface area contributed by atoms with Gasteiger partial charge in [0.2, 0.25) is 3.79 Å². The Balaban J connectivity index is 3.67. The van der Waals surface area contributed by atoms with Crippen LogP contribution in [-0.2, 0) is 9.47 Å². The molecule has 2 nitrogen and oxygen atoms in total. The van der Waals surface area contributed by atoms with Crippen molar-refractivity contribution in [3.8, 4) is 0 Å². The van der Waals surface area contributed by atoms with Crippen LogP contribution in [0.25, 0.3) is 0 Å². The van der Waals surface area contributed by atoms with Crippen LogP contribution in [0.4, 0.5) is 0 Å². The zero-order valence-corrected chi connectivity index (χ0v) is 13.0. The lowest BCUT2D eigenvalue weighted by molar-refractivity contribution is -0.142. The van der Waals surface area contributed by atoms with Gasteiger partial charge in [0.1, 0.15) is 0 Å². The van der Waals surface area contributed by atoms with Gasteiger partial charge in [-0.25, -0.2) is 0 Å². The normalized spacial score (nSPS) is 13.9. The van der Waals surface area contributed by atoms with E-state index in [4.69, 9.17) is 44.3 Å². The van der Waals surface area contributed by atoms with Gasteiger partial charge in [-0.3, -0.25) is 0 Å². The van der Waals surface area contributed by atoms with Gasteiger partial charge in [-0.1, -0.05) is 67.4 Å². The second-order valence-corrected chi connectivity index (χ2v) is 6.53. The summed E-state index contributed by atoms with van der Waals surface area (Å²) in [6.07, 6.45) is 6.70. The summed E-state index contributed by atoms with van der Waals surface area (Å²) in [5.41, 5.74) is 0. The van der Waals surface area contributed by atoms with E-state index in [1.165, 1.54) is 25.7 Å². The zero-order chi connectivity index (χ0) is 13.1. The molecular weight excluding hydrogens is 282 g/mol. The van der Waals surface area contributed by atoms with E-state index in [1.807, 2.05) is 6.92 Å². The average molecular weight is 306 g/mol. The average Bonchev–Trinajstić information content (AvgIpc) is 2.24. The molecule has 0 rings (SSSR count). The van der Waals surface area contributed by atoms with E-state index in [-0.39, 0.29) is 12.9 Å². The molecule has 0 radical (unpaired) electrons. The molecule has 0 aromatic heterocycles. The number of hydrogen-bond donors (Lipinski definition) is 0. The third-order valence-corrected chi connectivity index (χ3v) is 2.66. The van der Waals surface area contributed by atoms with Gasteiger partial charge < -0.3 is 9.47 Å². The topological polar surface area (TPSA) is 18.5 Å². The first-order valence-electron chi connectivity index (χ1n) is 6.29. The van der Waals surface area contributed by atoms with Gasteiger partial charge in [0.05, 0.1) is 6.61 Å². The number of rotatable bonds is 10. The number of alkyl halides is 3. The summed E-state index contributed by atoms with van der Waals surface area (Å²) in [4.78, 5) is 0. The lowest BCUT2D eigenvalue weighted by atomic mass is 10.1. The highest BCUT2D eigenvalue weighted by Crippen LogP contribution is 2.27. The number of hydrogen-bond acceptors (Lipinski definition) is 2. The number of ether oxygens (including phenoxy) is 2. The first-order chi connectivity index (χ1) is 7.99. The lowest BCUT2D eigenvalue weighted by Gasteiger charge is -2.20. The lowest BCUT2D eigenvalue weighted by Crippen LogP contribution is -2.23. The van der Waals surface area contributed by atoms with Gasteiger partial charge in [0, 0.05) is 6.61 Å². The Morgan fingerprint density at radius 2 is 1.59 bits per heavy atom. The van der Waals surface area contributed by atoms with Crippen LogP contribution in [0.15, 0.2) is 0 Å². The largest absolute Gasteiger partial charge is 0.353 e. The standard InChI is InChI=1S/C12H23Cl3O2/c1-3-5-6-7-8-9-11(16-4-2)17-10-12(13,14)15/h11H,3-10H2,1-2H3. The van der Waals surface area contributed by atoms with Crippen molar-refractivity contribution >= 4 is 34.8 Å². The van der Waals surface area contributed by atoms with Crippen LogP contribution in [0, 0.1) is 0 Å². The van der Waals surface area contributed by atoms with Gasteiger partial charge in [-0.05, 0) is 19.8 Å². The van der Waals surface area contributed by atoms with Crippen molar-refractivity contribution in [2.75, 3.05) is 13.2 Å². The van der Waals surface area contributed by atoms with E-state index in [1.54, 1.807) is 0 Å². The SMILES string of the molecule is CCCCCCCC(OCC)OCC(Cl)(Cl)Cl. The van der Waals surface area contributed by atoms with Crippen LogP contribution < -0.4 is 0 Å². The molecule has 1 unspecified atom stereocenters. The molecule has 0 bridgehead atoms. The van der Waals surface area contributed by atoms with Gasteiger partial charge in [-0.2, -0.15) is 0 Å². The van der Waals surface area contributed by atoms with Crippen LogP contribution in [0.3, 0.4) is 0 Å². The van der Waals surface area contributed by atoms with Crippen LogP contribution in [-0.4, -0.2) is 23.3 Å². The van der Waals surface area contributed by atoms with Crippen molar-refractivity contribution in [1.29, 1.82) is 0 Å². The minimum absolute atomic E-state index is 0.0668. The summed E-state index contributed by atoms with van der Waals surface area (Å²) in [6.45, 7) is 4.81. The molecule has 0 spiro atoms. The maximum absolute atomic E-state index is 5.63. The molecular formula is C12H23Cl3O2. The Hall–Kier alpha value is 0.790. The summed E-state index contributed by atoms with van der Waals surface area (Å²) < 4.78 is 9.52. The third kappa shape index (κ3) is 13.0. The quantitative estimate of drug-likeness (QED) is 0.318. The molecule has 0 saturated heterocycles. The Bertz CT molecular complexity index is 172. The molecule has 0 aliphatic rings. The Morgan fingerprint density at radius 3 is 2.12 bits per heavy atom. The maximum atomic E-state index is 5.63. The number of halogens is 3. The van der Waals surface area contributed by atoms with Crippen LogP contribution in [0.1, 0.15) is 52.4 Å². The van der Waals surface area contributed by atoms with Gasteiger partial charge >= 0.3 is 0 Å². The number of unbranched alkanes of at least 4 members (excludes halogenated alkanes) is 4. The summed E-state index contributed by atoms with van der Waals surface area (Å²) in [6, 6.07) is 0. The first-order valence-corrected chi connectivity index (χ1v) is 7.43. The highest BCUT2D eigenvalue weighted by Gasteiger charge is 2.22. The molecule has 1 atom stereocenters. The molecule has 0 N–H and O–H groups in total. The fourth-order valence-electron chi connectivity index (χ4n) is 1.50. The molecule has 0 aliphatic heterocycles. The molecule has 5 heteroatoms. The third-order valence-electron chi connectivity index (χ3n) is 2.33. The smallest absolute Gasteiger partial charge is 0.213 e. The fraction of sp³-hybridized carbons (Fsp3) is 1.00. The van der Waals surface area contributed by atoms with Crippen molar-refractivity contribution in [2.24, 2.45) is 0 Å². The van der Waals surface area contributed by atoms with Gasteiger partial charge in [0.15, 0.2) is 6.29 Å². The molecule has 0 heterocycles. The van der Waals surface area contributed by atoms with E-state index in [0.29, 0.717) is 6.61 Å². The molecule has 104 valence electrons. The summed E-state index contributed by atoms with van der Waals surface area (Å²) >= 11 is 16.9. The van der Waals surface area contributed by atoms with E-state index in [9.17, 15) is 0 Å². The van der Waals surface area contributed by atoms with Crippen LogP contribution in [0.5, 0.6) is 0 Å². The van der Waals surface area contributed by atoms with E-state index < -0.39 is 3.79 Å². The highest BCUT2D eigenvalue weighted by molar-refractivity contribution is 6.67. The van der Waals surface area contributed by atoms with Crippen LogP contribution in [0.2, 0.25) is 0 Å². The Morgan fingerprint density at radius 1 is 0.941 bits per heavy atom. The molecule has 0 amide bonds. The fourth-order valence-corrected chi connectivity index (χ4v) is 1.69. The van der Waals surface area contributed by atoms with Gasteiger partial charge in [0.25, 0.3) is 0 Å². The van der Waals surface area contributed by atoms with E-state index >= 15 is 0 Å². The molecule has 0 aromatic carbocycles. The molecule has 0 aromatic rings. The van der Waals surface area contributed by atoms with Crippen molar-refractivity contribution in [3.05, 3.63) is 0 Å². The minimum Gasteiger partial charge on any atom is -0.353 e. The van der Waals surface area contributed by atoms with Crippen molar-refractivity contribution < 1.29 is 9.47 Å². The predicted molar refractivity (Wildman–Crippen MR) is 75.0 cm³/mol. The molecule has 0 fully saturated rings. The second kappa shape index (κ2) is 10.7. The second-order valence-electron chi connectivity index (χ2n) is 4.01. The van der Waals surface area contributed by atoms with Crippen molar-refractivity contribution in [1.82, 2.24) is 0 Å². The Kier molecular flexibility index (Phi) is 11.2. The molecule has 0 saturated carbocycles. The van der Waals surface area contributed by atoms with E-state index in [0.717, 1.165) is 12.8 Å².